The summed E-state index contributed by atoms with van der Waals surface area (Å²) in [5.41, 5.74) is 5.99. The minimum atomic E-state index is -5.03. The number of nitrogens with two attached hydrogens (primary N) is 1. The number of hydrogen-bond donors (Lipinski definition) is 7. The largest absolute Gasteiger partial charge is 0.396 e. The average Bonchev–Trinajstić information content (AvgIpc) is 3.83. The zero-order chi connectivity index (χ0) is 40.9. The van der Waals surface area contributed by atoms with Crippen LogP contribution in [0.1, 0.15) is 77.0 Å². The van der Waals surface area contributed by atoms with Crippen molar-refractivity contribution in [1.29, 1.82) is 0 Å². The number of carbonyl (C=O) groups is 6. The lowest BCUT2D eigenvalue weighted by atomic mass is 9.98. The third-order valence-corrected chi connectivity index (χ3v) is 11.4. The van der Waals surface area contributed by atoms with E-state index < -0.39 is 66.8 Å². The highest BCUT2D eigenvalue weighted by atomic mass is 31.2. The molecule has 16 nitrogen and oxygen atoms in total. The van der Waals surface area contributed by atoms with Gasteiger partial charge in [-0.1, -0.05) is 67.6 Å². The number of nitrogens with one attached hydrogen (secondary N) is 4. The van der Waals surface area contributed by atoms with Crippen LogP contribution in [0.2, 0.25) is 0 Å². The summed E-state index contributed by atoms with van der Waals surface area (Å²) >= 11 is 0. The first-order valence-electron chi connectivity index (χ1n) is 18.8. The molecule has 57 heavy (non-hydrogen) atoms. The molecule has 0 radical (unpaired) electrons. The first-order chi connectivity index (χ1) is 27.2. The van der Waals surface area contributed by atoms with Gasteiger partial charge in [0.25, 0.3) is 11.4 Å². The van der Waals surface area contributed by atoms with Crippen molar-refractivity contribution in [3.05, 3.63) is 107 Å². The lowest BCUT2D eigenvalue weighted by Gasteiger charge is -2.38. The lowest BCUT2D eigenvalue weighted by molar-refractivity contribution is -0.144. The van der Waals surface area contributed by atoms with Gasteiger partial charge in [-0.15, -0.1) is 0 Å². The number of aromatic amines is 1. The summed E-state index contributed by atoms with van der Waals surface area (Å²) in [6.07, 6.45) is 1.17. The van der Waals surface area contributed by atoms with Gasteiger partial charge in [0.05, 0.1) is 6.04 Å². The van der Waals surface area contributed by atoms with Crippen LogP contribution in [0.4, 0.5) is 0 Å². The Hall–Kier alpha value is -5.67. The maximum absolute atomic E-state index is 14.4. The minimum Gasteiger partial charge on any atom is -0.370 e. The van der Waals surface area contributed by atoms with E-state index in [9.17, 15) is 43.1 Å². The van der Waals surface area contributed by atoms with E-state index in [1.807, 2.05) is 72.5 Å². The monoisotopic (exact) mass is 799 g/mol. The maximum atomic E-state index is 14.4. The standard InChI is InChI=1S/C40H46N7O9P/c1-2-46-20-19-28-14-17-33(38(51)43-30(16-18-34(41)48)36(49)45-35(24-9-5-3-6-10-24)25-11-7-4-8-12-25)47(28)39(52)32(23-46)44-37(50)31-22-27-21-26(13-15-29(27)42-31)40(53)57(54,55)56/h3-13,15,21-22,28,30,32-33,35,42H,2,14,16-20,23H2,1H3,(H2,41,48)(H,43,51)(H,44,50)(H,45,49)(H2,54,55,56)/t28-,30+,32+,33+/m1/s1. The molecule has 17 heteroatoms. The number of carbonyl (C=O) groups excluding carboxylic acids is 6. The molecule has 1 aromatic heterocycles. The zero-order valence-corrected chi connectivity index (χ0v) is 32.2. The summed E-state index contributed by atoms with van der Waals surface area (Å²) < 4.78 is 11.5. The molecule has 0 unspecified atom stereocenters. The Labute approximate surface area is 328 Å². The molecule has 5 amide bonds. The van der Waals surface area contributed by atoms with Crippen molar-refractivity contribution >= 4 is 53.6 Å². The fraction of sp³-hybridized carbons (Fsp3) is 0.350. The Morgan fingerprint density at radius 1 is 0.912 bits per heavy atom. The predicted molar refractivity (Wildman–Crippen MR) is 210 cm³/mol. The number of H-pyrrole nitrogens is 1. The molecule has 2 fully saturated rings. The third-order valence-electron chi connectivity index (χ3n) is 10.6. The second kappa shape index (κ2) is 17.6. The van der Waals surface area contributed by atoms with E-state index >= 15 is 0 Å². The molecule has 6 rings (SSSR count). The lowest BCUT2D eigenvalue weighted by Crippen LogP contribution is -2.61. The van der Waals surface area contributed by atoms with E-state index in [1.165, 1.54) is 29.2 Å². The number of benzene rings is 3. The van der Waals surface area contributed by atoms with Gasteiger partial charge in [-0.3, -0.25) is 33.3 Å². The predicted octanol–water partition coefficient (Wildman–Crippen LogP) is 2.33. The Morgan fingerprint density at radius 3 is 2.19 bits per heavy atom. The molecule has 0 saturated carbocycles. The highest BCUT2D eigenvalue weighted by molar-refractivity contribution is 7.70. The van der Waals surface area contributed by atoms with E-state index in [0.29, 0.717) is 43.3 Å². The first kappa shape index (κ1) is 41.0. The Kier molecular flexibility index (Phi) is 12.7. The Morgan fingerprint density at radius 2 is 1.58 bits per heavy atom. The summed E-state index contributed by atoms with van der Waals surface area (Å²) in [6.45, 7) is 3.30. The summed E-state index contributed by atoms with van der Waals surface area (Å²) in [4.78, 5) is 105. The Balaban J connectivity index is 1.21. The average molecular weight is 800 g/mol. The van der Waals surface area contributed by atoms with Gasteiger partial charge in [0.15, 0.2) is 0 Å². The highest BCUT2D eigenvalue weighted by Gasteiger charge is 2.45. The molecular weight excluding hydrogens is 753 g/mol. The van der Waals surface area contributed by atoms with Gasteiger partial charge in [-0.2, -0.15) is 0 Å². The van der Waals surface area contributed by atoms with Crippen molar-refractivity contribution in [1.82, 2.24) is 30.7 Å². The van der Waals surface area contributed by atoms with Gasteiger partial charge in [0.2, 0.25) is 23.6 Å². The van der Waals surface area contributed by atoms with Crippen molar-refractivity contribution in [3.63, 3.8) is 0 Å². The van der Waals surface area contributed by atoms with Crippen molar-refractivity contribution < 1.29 is 43.1 Å². The van der Waals surface area contributed by atoms with Crippen LogP contribution in [0.5, 0.6) is 0 Å². The number of amides is 5. The number of primary amides is 1. The molecule has 3 aromatic carbocycles. The molecule has 0 aliphatic carbocycles. The number of nitrogens with zero attached hydrogens (tertiary/aromatic N) is 2. The minimum absolute atomic E-state index is 0.0450. The van der Waals surface area contributed by atoms with Crippen LogP contribution in [0.25, 0.3) is 10.9 Å². The number of hydrogen-bond acceptors (Lipinski definition) is 8. The van der Waals surface area contributed by atoms with Gasteiger partial charge in [-0.05, 0) is 67.6 Å². The van der Waals surface area contributed by atoms with Crippen molar-refractivity contribution in [2.75, 3.05) is 19.6 Å². The van der Waals surface area contributed by atoms with Crippen LogP contribution in [-0.2, 0) is 23.7 Å². The van der Waals surface area contributed by atoms with Crippen molar-refractivity contribution in [3.8, 4) is 0 Å². The number of likely N-dealkylation sites (N-methyl/N-ethyl adjacent to an activating group) is 1. The van der Waals surface area contributed by atoms with Crippen LogP contribution in [-0.4, -0.2) is 103 Å². The van der Waals surface area contributed by atoms with Crippen LogP contribution in [0.3, 0.4) is 0 Å². The van der Waals surface area contributed by atoms with Crippen LogP contribution in [0, 0.1) is 0 Å². The number of aromatic nitrogens is 1. The van der Waals surface area contributed by atoms with Crippen LogP contribution in [0.15, 0.2) is 84.9 Å². The molecule has 0 spiro atoms. The molecule has 4 aromatic rings. The topological polar surface area (TPSA) is 244 Å². The van der Waals surface area contributed by atoms with Crippen molar-refractivity contribution in [2.45, 2.75) is 69.2 Å². The van der Waals surface area contributed by atoms with E-state index in [2.05, 4.69) is 20.9 Å². The molecule has 8 N–H and O–H groups in total. The van der Waals surface area contributed by atoms with Crippen LogP contribution < -0.4 is 21.7 Å². The van der Waals surface area contributed by atoms with Gasteiger partial charge in [0, 0.05) is 42.0 Å². The Bertz CT molecular complexity index is 2150. The molecule has 2 aliphatic rings. The second-order valence-corrected chi connectivity index (χ2v) is 15.9. The van der Waals surface area contributed by atoms with Gasteiger partial charge in [-0.25, -0.2) is 0 Å². The number of fused-ring (bicyclic) bond motifs is 2. The quantitative estimate of drug-likeness (QED) is 0.0918. The summed E-state index contributed by atoms with van der Waals surface area (Å²) in [5.74, 6) is -2.86. The van der Waals surface area contributed by atoms with E-state index in [1.54, 1.807) is 0 Å². The van der Waals surface area contributed by atoms with Crippen molar-refractivity contribution in [2.24, 2.45) is 5.73 Å². The highest BCUT2D eigenvalue weighted by Crippen LogP contribution is 2.39. The second-order valence-electron chi connectivity index (χ2n) is 14.4. The number of rotatable bonds is 14. The summed E-state index contributed by atoms with van der Waals surface area (Å²) in [5, 5.41) is 9.03. The van der Waals surface area contributed by atoms with Gasteiger partial charge in [0.1, 0.15) is 23.8 Å². The van der Waals surface area contributed by atoms with E-state index in [4.69, 9.17) is 5.73 Å². The SMILES string of the molecule is CCN1CC[C@H]2CC[C@@H](C(=O)N[C@@H](CCC(N)=O)C(=O)NC(c3ccccc3)c3ccccc3)N2C(=O)[C@@H](NC(=O)c2cc3cc(C(=O)P(=O)(O)O)ccc3[nH]2)C1. The van der Waals surface area contributed by atoms with Crippen LogP contribution >= 0.6 is 7.60 Å². The molecular formula is C40H46N7O9P. The summed E-state index contributed by atoms with van der Waals surface area (Å²) in [7, 11) is -5.03. The molecule has 3 heterocycles. The van der Waals surface area contributed by atoms with Gasteiger partial charge < -0.3 is 46.3 Å². The fourth-order valence-electron chi connectivity index (χ4n) is 7.60. The smallest absolute Gasteiger partial charge is 0.370 e. The van der Waals surface area contributed by atoms with Gasteiger partial charge >= 0.3 is 7.60 Å². The molecule has 4 atom stereocenters. The zero-order valence-electron chi connectivity index (χ0n) is 31.3. The molecule has 2 saturated heterocycles. The normalized spacial score (nSPS) is 19.3. The van der Waals surface area contributed by atoms with E-state index in [0.717, 1.165) is 11.1 Å². The summed E-state index contributed by atoms with van der Waals surface area (Å²) in [6, 6.07) is 19.9. The molecule has 2 aliphatic heterocycles. The van der Waals surface area contributed by atoms with E-state index in [-0.39, 0.29) is 36.7 Å². The molecule has 300 valence electrons. The maximum Gasteiger partial charge on any atom is 0.396 e. The molecule has 0 bridgehead atoms. The third kappa shape index (κ3) is 9.66. The first-order valence-corrected chi connectivity index (χ1v) is 20.4. The fourth-order valence-corrected chi connectivity index (χ4v) is 8.07.